The zero-order chi connectivity index (χ0) is 14.7. The smallest absolute Gasteiger partial charge is 0.274 e. The molecule has 3 rings (SSSR count). The zero-order valence-electron chi connectivity index (χ0n) is 11.0. The van der Waals surface area contributed by atoms with Crippen molar-refractivity contribution in [3.05, 3.63) is 67.0 Å². The second-order valence-electron chi connectivity index (χ2n) is 4.34. The van der Waals surface area contributed by atoms with Gasteiger partial charge in [-0.15, -0.1) is 0 Å². The molecule has 21 heavy (non-hydrogen) atoms. The highest BCUT2D eigenvalue weighted by Gasteiger charge is 2.10. The SMILES string of the molecule is O=C(Nc1ccccc1O)c1cc(-n2ccnc2)ccn1. The van der Waals surface area contributed by atoms with Gasteiger partial charge in [0.25, 0.3) is 5.91 Å². The van der Waals surface area contributed by atoms with E-state index in [-0.39, 0.29) is 11.4 Å². The molecule has 6 heteroatoms. The third kappa shape index (κ3) is 2.74. The number of hydrogen-bond acceptors (Lipinski definition) is 4. The molecule has 0 radical (unpaired) electrons. The largest absolute Gasteiger partial charge is 0.506 e. The van der Waals surface area contributed by atoms with Crippen molar-refractivity contribution in [3.63, 3.8) is 0 Å². The summed E-state index contributed by atoms with van der Waals surface area (Å²) in [5.74, 6) is -0.380. The lowest BCUT2D eigenvalue weighted by Gasteiger charge is -2.08. The van der Waals surface area contributed by atoms with Gasteiger partial charge >= 0.3 is 0 Å². The highest BCUT2D eigenvalue weighted by Crippen LogP contribution is 2.22. The van der Waals surface area contributed by atoms with Gasteiger partial charge in [-0.3, -0.25) is 9.78 Å². The van der Waals surface area contributed by atoms with Crippen molar-refractivity contribution >= 4 is 11.6 Å². The number of pyridine rings is 1. The molecular formula is C15H12N4O2. The number of rotatable bonds is 3. The Hall–Kier alpha value is -3.15. The van der Waals surface area contributed by atoms with E-state index in [2.05, 4.69) is 15.3 Å². The molecule has 2 heterocycles. The van der Waals surface area contributed by atoms with E-state index in [0.29, 0.717) is 5.69 Å². The summed E-state index contributed by atoms with van der Waals surface area (Å²) in [6, 6.07) is 9.96. The average Bonchev–Trinajstić information content (AvgIpc) is 3.04. The summed E-state index contributed by atoms with van der Waals surface area (Å²) in [5.41, 5.74) is 1.38. The number of carbonyl (C=O) groups excluding carboxylic acids is 1. The van der Waals surface area contributed by atoms with Crippen molar-refractivity contribution in [1.82, 2.24) is 14.5 Å². The molecule has 0 unspecified atom stereocenters. The summed E-state index contributed by atoms with van der Waals surface area (Å²) in [6.45, 7) is 0. The lowest BCUT2D eigenvalue weighted by Crippen LogP contribution is -2.14. The summed E-state index contributed by atoms with van der Waals surface area (Å²) < 4.78 is 1.78. The van der Waals surface area contributed by atoms with Gasteiger partial charge < -0.3 is 15.0 Å². The molecule has 0 bridgehead atoms. The third-order valence-corrected chi connectivity index (χ3v) is 2.93. The van der Waals surface area contributed by atoms with Crippen molar-refractivity contribution in [1.29, 1.82) is 0 Å². The summed E-state index contributed by atoms with van der Waals surface area (Å²) >= 11 is 0. The Kier molecular flexibility index (Phi) is 3.34. The van der Waals surface area contributed by atoms with Crippen LogP contribution in [0, 0.1) is 0 Å². The number of anilines is 1. The first-order valence-corrected chi connectivity index (χ1v) is 6.28. The van der Waals surface area contributed by atoms with Crippen LogP contribution in [-0.2, 0) is 0 Å². The molecule has 0 fully saturated rings. The number of imidazole rings is 1. The number of aromatic nitrogens is 3. The van der Waals surface area contributed by atoms with Crippen LogP contribution in [0.25, 0.3) is 5.69 Å². The lowest BCUT2D eigenvalue weighted by atomic mass is 10.2. The highest BCUT2D eigenvalue weighted by atomic mass is 16.3. The van der Waals surface area contributed by atoms with E-state index in [1.54, 1.807) is 59.8 Å². The molecule has 2 N–H and O–H groups in total. The van der Waals surface area contributed by atoms with E-state index in [4.69, 9.17) is 0 Å². The van der Waals surface area contributed by atoms with Crippen LogP contribution in [0.2, 0.25) is 0 Å². The van der Waals surface area contributed by atoms with Crippen molar-refractivity contribution < 1.29 is 9.90 Å². The fraction of sp³-hybridized carbons (Fsp3) is 0. The van der Waals surface area contributed by atoms with Gasteiger partial charge in [-0.05, 0) is 24.3 Å². The van der Waals surface area contributed by atoms with Gasteiger partial charge in [-0.2, -0.15) is 0 Å². The minimum Gasteiger partial charge on any atom is -0.506 e. The van der Waals surface area contributed by atoms with Crippen molar-refractivity contribution in [2.24, 2.45) is 0 Å². The number of phenolic OH excluding ortho intramolecular Hbond substituents is 1. The first kappa shape index (κ1) is 12.9. The standard InChI is InChI=1S/C15H12N4O2/c20-14-4-2-1-3-12(14)18-15(21)13-9-11(5-6-17-13)19-8-7-16-10-19/h1-10,20H,(H,18,21). The van der Waals surface area contributed by atoms with E-state index in [0.717, 1.165) is 5.69 Å². The van der Waals surface area contributed by atoms with E-state index in [1.165, 1.54) is 6.07 Å². The second-order valence-corrected chi connectivity index (χ2v) is 4.34. The summed E-state index contributed by atoms with van der Waals surface area (Å²) in [4.78, 5) is 20.2. The molecule has 0 aliphatic carbocycles. The number of benzene rings is 1. The molecular weight excluding hydrogens is 268 g/mol. The molecule has 1 amide bonds. The Bertz CT molecular complexity index is 769. The molecule has 6 nitrogen and oxygen atoms in total. The van der Waals surface area contributed by atoms with Gasteiger partial charge in [-0.1, -0.05) is 12.1 Å². The normalized spacial score (nSPS) is 10.3. The maximum Gasteiger partial charge on any atom is 0.274 e. The van der Waals surface area contributed by atoms with Crippen molar-refractivity contribution in [3.8, 4) is 11.4 Å². The van der Waals surface area contributed by atoms with E-state index >= 15 is 0 Å². The van der Waals surface area contributed by atoms with Crippen LogP contribution < -0.4 is 5.32 Å². The molecule has 1 aromatic carbocycles. The first-order valence-electron chi connectivity index (χ1n) is 6.28. The third-order valence-electron chi connectivity index (χ3n) is 2.93. The van der Waals surface area contributed by atoms with Crippen LogP contribution in [0.5, 0.6) is 5.75 Å². The molecule has 0 aliphatic heterocycles. The molecule has 0 spiro atoms. The van der Waals surface area contributed by atoms with Gasteiger partial charge in [-0.25, -0.2) is 4.98 Å². The lowest BCUT2D eigenvalue weighted by molar-refractivity contribution is 0.102. The maximum atomic E-state index is 12.2. The number of para-hydroxylation sites is 2. The second kappa shape index (κ2) is 5.46. The molecule has 104 valence electrons. The number of nitrogens with zero attached hydrogens (tertiary/aromatic N) is 3. The summed E-state index contributed by atoms with van der Waals surface area (Å²) in [5, 5.41) is 12.3. The van der Waals surface area contributed by atoms with E-state index in [9.17, 15) is 9.90 Å². The highest BCUT2D eigenvalue weighted by molar-refractivity contribution is 6.03. The Morgan fingerprint density at radius 1 is 1.19 bits per heavy atom. The molecule has 0 saturated heterocycles. The quantitative estimate of drug-likeness (QED) is 0.721. The Morgan fingerprint density at radius 2 is 2.05 bits per heavy atom. The predicted octanol–water partition coefficient (Wildman–Crippen LogP) is 2.23. The molecule has 2 aromatic heterocycles. The van der Waals surface area contributed by atoms with Crippen LogP contribution in [0.15, 0.2) is 61.3 Å². The number of amides is 1. The molecule has 0 saturated carbocycles. The molecule has 0 atom stereocenters. The van der Waals surface area contributed by atoms with Crippen molar-refractivity contribution in [2.75, 3.05) is 5.32 Å². The van der Waals surface area contributed by atoms with Gasteiger partial charge in [0, 0.05) is 18.6 Å². The zero-order valence-corrected chi connectivity index (χ0v) is 11.0. The number of phenols is 1. The monoisotopic (exact) mass is 280 g/mol. The number of carbonyl (C=O) groups is 1. The van der Waals surface area contributed by atoms with Crippen LogP contribution >= 0.6 is 0 Å². The fourth-order valence-corrected chi connectivity index (χ4v) is 1.88. The van der Waals surface area contributed by atoms with Gasteiger partial charge in [0.1, 0.15) is 11.4 Å². The Morgan fingerprint density at radius 3 is 2.81 bits per heavy atom. The Labute approximate surface area is 120 Å². The Balaban J connectivity index is 1.85. The van der Waals surface area contributed by atoms with E-state index in [1.807, 2.05) is 0 Å². The van der Waals surface area contributed by atoms with Crippen LogP contribution in [0.4, 0.5) is 5.69 Å². The van der Waals surface area contributed by atoms with Crippen LogP contribution in [-0.4, -0.2) is 25.5 Å². The summed E-state index contributed by atoms with van der Waals surface area (Å²) in [6.07, 6.45) is 6.62. The predicted molar refractivity (Wildman–Crippen MR) is 77.4 cm³/mol. The maximum absolute atomic E-state index is 12.2. The minimum atomic E-state index is -0.390. The van der Waals surface area contributed by atoms with Crippen molar-refractivity contribution in [2.45, 2.75) is 0 Å². The average molecular weight is 280 g/mol. The first-order chi connectivity index (χ1) is 10.2. The number of nitrogens with one attached hydrogen (secondary N) is 1. The fourth-order valence-electron chi connectivity index (χ4n) is 1.88. The summed E-state index contributed by atoms with van der Waals surface area (Å²) in [7, 11) is 0. The van der Waals surface area contributed by atoms with Gasteiger partial charge in [0.2, 0.25) is 0 Å². The molecule has 3 aromatic rings. The van der Waals surface area contributed by atoms with Gasteiger partial charge in [0.15, 0.2) is 0 Å². The van der Waals surface area contributed by atoms with Crippen LogP contribution in [0.1, 0.15) is 10.5 Å². The minimum absolute atomic E-state index is 0.0108. The van der Waals surface area contributed by atoms with E-state index < -0.39 is 5.91 Å². The van der Waals surface area contributed by atoms with Gasteiger partial charge in [0.05, 0.1) is 17.7 Å². The number of aromatic hydroxyl groups is 1. The molecule has 0 aliphatic rings. The number of hydrogen-bond donors (Lipinski definition) is 2. The van der Waals surface area contributed by atoms with Crippen LogP contribution in [0.3, 0.4) is 0 Å². The topological polar surface area (TPSA) is 80.0 Å².